The molecule has 3 rings (SSSR count). The van der Waals surface area contributed by atoms with Crippen LogP contribution in [0.4, 0.5) is 0 Å². The Morgan fingerprint density at radius 2 is 1.96 bits per heavy atom. The predicted molar refractivity (Wildman–Crippen MR) is 99.4 cm³/mol. The number of aryl methyl sites for hydroxylation is 1. The number of aromatic nitrogens is 1. The Hall–Kier alpha value is -2.37. The first-order chi connectivity index (χ1) is 12.1. The summed E-state index contributed by atoms with van der Waals surface area (Å²) in [4.78, 5) is 16.6. The van der Waals surface area contributed by atoms with Gasteiger partial charge >= 0.3 is 5.97 Å². The van der Waals surface area contributed by atoms with Crippen LogP contribution >= 0.6 is 22.9 Å². The van der Waals surface area contributed by atoms with Gasteiger partial charge in [-0.05, 0) is 42.8 Å². The van der Waals surface area contributed by atoms with E-state index < -0.39 is 5.97 Å². The minimum Gasteiger partial charge on any atom is -0.488 e. The lowest BCUT2D eigenvalue weighted by atomic mass is 10.1. The molecule has 0 unspecified atom stereocenters. The molecular weight excluding hydrogens is 358 g/mol. The Labute approximate surface area is 155 Å². The van der Waals surface area contributed by atoms with E-state index in [2.05, 4.69) is 4.98 Å². The number of nitrogens with zero attached hydrogens (tertiary/aromatic N) is 1. The van der Waals surface area contributed by atoms with Gasteiger partial charge < -0.3 is 9.47 Å². The predicted octanol–water partition coefficient (Wildman–Crippen LogP) is 5.14. The van der Waals surface area contributed by atoms with Crippen molar-refractivity contribution in [3.63, 3.8) is 0 Å². The molecule has 0 aliphatic carbocycles. The van der Waals surface area contributed by atoms with Crippen molar-refractivity contribution in [2.45, 2.75) is 13.5 Å². The molecule has 0 bridgehead atoms. The summed E-state index contributed by atoms with van der Waals surface area (Å²) in [6, 6.07) is 12.8. The normalized spacial score (nSPS) is 10.5. The maximum atomic E-state index is 12.1. The molecule has 0 fully saturated rings. The molecule has 0 aliphatic rings. The van der Waals surface area contributed by atoms with E-state index in [-0.39, 0.29) is 0 Å². The van der Waals surface area contributed by atoms with Gasteiger partial charge in [0, 0.05) is 16.0 Å². The lowest BCUT2D eigenvalue weighted by molar-refractivity contribution is 0.0595. The standard InChI is InChI=1S/C19H16ClNO3S/c1-12-21-17(11-25-12)14-5-8-18(16(9-14)19(22)23-2)24-10-13-3-6-15(20)7-4-13/h3-9,11H,10H2,1-2H3. The monoisotopic (exact) mass is 373 g/mol. The Kier molecular flexibility index (Phi) is 5.36. The summed E-state index contributed by atoms with van der Waals surface area (Å²) in [5.74, 6) is 0.0254. The fourth-order valence-corrected chi connectivity index (χ4v) is 3.07. The molecule has 0 radical (unpaired) electrons. The number of hydrogen-bond acceptors (Lipinski definition) is 5. The molecule has 0 amide bonds. The zero-order valence-electron chi connectivity index (χ0n) is 13.8. The van der Waals surface area contributed by atoms with Crippen LogP contribution in [-0.4, -0.2) is 18.1 Å². The first-order valence-corrected chi connectivity index (χ1v) is 8.84. The van der Waals surface area contributed by atoms with Gasteiger partial charge in [-0.25, -0.2) is 9.78 Å². The molecule has 0 aliphatic heterocycles. The fourth-order valence-electron chi connectivity index (χ4n) is 2.32. The Morgan fingerprint density at radius 1 is 1.20 bits per heavy atom. The lowest BCUT2D eigenvalue weighted by Gasteiger charge is -2.12. The van der Waals surface area contributed by atoms with Crippen LogP contribution in [0.5, 0.6) is 5.75 Å². The summed E-state index contributed by atoms with van der Waals surface area (Å²) in [5.41, 5.74) is 3.01. The summed E-state index contributed by atoms with van der Waals surface area (Å²) >= 11 is 7.45. The van der Waals surface area contributed by atoms with Crippen molar-refractivity contribution >= 4 is 28.9 Å². The number of methoxy groups -OCH3 is 1. The smallest absolute Gasteiger partial charge is 0.341 e. The lowest BCUT2D eigenvalue weighted by Crippen LogP contribution is -2.06. The van der Waals surface area contributed by atoms with Crippen molar-refractivity contribution in [3.05, 3.63) is 69.0 Å². The Morgan fingerprint density at radius 3 is 2.60 bits per heavy atom. The van der Waals surface area contributed by atoms with Gasteiger partial charge in [-0.2, -0.15) is 0 Å². The third-order valence-electron chi connectivity index (χ3n) is 3.61. The van der Waals surface area contributed by atoms with Crippen LogP contribution in [0.1, 0.15) is 20.9 Å². The highest BCUT2D eigenvalue weighted by molar-refractivity contribution is 7.09. The van der Waals surface area contributed by atoms with Crippen LogP contribution in [0.15, 0.2) is 47.8 Å². The number of hydrogen-bond donors (Lipinski definition) is 0. The first kappa shape index (κ1) is 17.5. The molecule has 0 N–H and O–H groups in total. The largest absolute Gasteiger partial charge is 0.488 e. The number of ether oxygens (including phenoxy) is 2. The molecule has 0 saturated heterocycles. The minimum absolute atomic E-state index is 0.330. The average Bonchev–Trinajstić information content (AvgIpc) is 3.07. The van der Waals surface area contributed by atoms with Crippen LogP contribution in [-0.2, 0) is 11.3 Å². The third kappa shape index (κ3) is 4.18. The van der Waals surface area contributed by atoms with Crippen molar-refractivity contribution in [1.29, 1.82) is 0 Å². The zero-order valence-corrected chi connectivity index (χ0v) is 15.4. The summed E-state index contributed by atoms with van der Waals surface area (Å²) in [6.07, 6.45) is 0. The van der Waals surface area contributed by atoms with Crippen molar-refractivity contribution in [2.75, 3.05) is 7.11 Å². The highest BCUT2D eigenvalue weighted by atomic mass is 35.5. The van der Waals surface area contributed by atoms with Crippen molar-refractivity contribution < 1.29 is 14.3 Å². The van der Waals surface area contributed by atoms with Crippen molar-refractivity contribution in [2.24, 2.45) is 0 Å². The number of esters is 1. The molecule has 1 heterocycles. The maximum absolute atomic E-state index is 12.1. The van der Waals surface area contributed by atoms with E-state index >= 15 is 0 Å². The molecular formula is C19H16ClNO3S. The van der Waals surface area contributed by atoms with Crippen molar-refractivity contribution in [3.8, 4) is 17.0 Å². The van der Waals surface area contributed by atoms with Crippen molar-refractivity contribution in [1.82, 2.24) is 4.98 Å². The molecule has 0 saturated carbocycles. The van der Waals surface area contributed by atoms with Crippen LogP contribution < -0.4 is 4.74 Å². The van der Waals surface area contributed by atoms with Crippen LogP contribution in [0, 0.1) is 6.92 Å². The quantitative estimate of drug-likeness (QED) is 0.581. The number of rotatable bonds is 5. The molecule has 0 atom stereocenters. The molecule has 1 aromatic heterocycles. The molecule has 128 valence electrons. The van der Waals surface area contributed by atoms with Gasteiger partial charge in [0.1, 0.15) is 17.9 Å². The topological polar surface area (TPSA) is 48.4 Å². The summed E-state index contributed by atoms with van der Waals surface area (Å²) in [5, 5.41) is 3.60. The van der Waals surface area contributed by atoms with Crippen LogP contribution in [0.2, 0.25) is 5.02 Å². The van der Waals surface area contributed by atoms with E-state index in [9.17, 15) is 4.79 Å². The number of thiazole rings is 1. The fraction of sp³-hybridized carbons (Fsp3) is 0.158. The van der Waals surface area contributed by atoms with E-state index in [1.54, 1.807) is 35.6 Å². The Bertz CT molecular complexity index is 890. The molecule has 6 heteroatoms. The van der Waals surface area contributed by atoms with E-state index in [0.29, 0.717) is 22.9 Å². The summed E-state index contributed by atoms with van der Waals surface area (Å²) < 4.78 is 10.7. The minimum atomic E-state index is -0.445. The summed E-state index contributed by atoms with van der Waals surface area (Å²) in [6.45, 7) is 2.27. The van der Waals surface area contributed by atoms with E-state index in [4.69, 9.17) is 21.1 Å². The van der Waals surface area contributed by atoms with Gasteiger partial charge in [0.25, 0.3) is 0 Å². The van der Waals surface area contributed by atoms with Crippen LogP contribution in [0.25, 0.3) is 11.3 Å². The highest BCUT2D eigenvalue weighted by Crippen LogP contribution is 2.29. The molecule has 3 aromatic rings. The van der Waals surface area contributed by atoms with Gasteiger partial charge in [-0.15, -0.1) is 11.3 Å². The van der Waals surface area contributed by atoms with E-state index in [1.807, 2.05) is 30.5 Å². The molecule has 2 aromatic carbocycles. The van der Waals surface area contributed by atoms with E-state index in [0.717, 1.165) is 21.8 Å². The average molecular weight is 374 g/mol. The Balaban J connectivity index is 1.87. The highest BCUT2D eigenvalue weighted by Gasteiger charge is 2.16. The number of benzene rings is 2. The van der Waals surface area contributed by atoms with Gasteiger partial charge in [0.05, 0.1) is 17.8 Å². The van der Waals surface area contributed by atoms with Gasteiger partial charge in [-0.3, -0.25) is 0 Å². The second-order valence-electron chi connectivity index (χ2n) is 5.37. The van der Waals surface area contributed by atoms with Gasteiger partial charge in [-0.1, -0.05) is 23.7 Å². The van der Waals surface area contributed by atoms with Gasteiger partial charge in [0.2, 0.25) is 0 Å². The third-order valence-corrected chi connectivity index (χ3v) is 4.63. The molecule has 25 heavy (non-hydrogen) atoms. The summed E-state index contributed by atoms with van der Waals surface area (Å²) in [7, 11) is 1.35. The second kappa shape index (κ2) is 7.68. The van der Waals surface area contributed by atoms with Crippen LogP contribution in [0.3, 0.4) is 0 Å². The first-order valence-electron chi connectivity index (χ1n) is 7.59. The zero-order chi connectivity index (χ0) is 17.8. The van der Waals surface area contributed by atoms with E-state index in [1.165, 1.54) is 7.11 Å². The number of halogens is 1. The number of carbonyl (C=O) groups is 1. The SMILES string of the molecule is COC(=O)c1cc(-c2csc(C)n2)ccc1OCc1ccc(Cl)cc1. The number of carbonyl (C=O) groups excluding carboxylic acids is 1. The maximum Gasteiger partial charge on any atom is 0.341 e. The molecule has 0 spiro atoms. The van der Waals surface area contributed by atoms with Gasteiger partial charge in [0.15, 0.2) is 0 Å². The second-order valence-corrected chi connectivity index (χ2v) is 6.87. The molecule has 4 nitrogen and oxygen atoms in total.